The number of hydrogen-bond acceptors (Lipinski definition) is 2. The lowest BCUT2D eigenvalue weighted by Crippen LogP contribution is -2.06. The number of nitrogens with zero attached hydrogens (tertiary/aromatic N) is 2. The van der Waals surface area contributed by atoms with Crippen molar-refractivity contribution in [1.29, 1.82) is 0 Å². The highest BCUT2D eigenvalue weighted by molar-refractivity contribution is 6.36. The van der Waals surface area contributed by atoms with Gasteiger partial charge in [0.05, 0.1) is 18.2 Å². The molecule has 3 nitrogen and oxygen atoms in total. The molecule has 2 aromatic rings. The van der Waals surface area contributed by atoms with Crippen LogP contribution in [0.3, 0.4) is 0 Å². The summed E-state index contributed by atoms with van der Waals surface area (Å²) in [4.78, 5) is 4.34. The van der Waals surface area contributed by atoms with Crippen molar-refractivity contribution in [1.82, 2.24) is 9.55 Å². The quantitative estimate of drug-likeness (QED) is 0.594. The Kier molecular flexibility index (Phi) is 5.02. The maximum atomic E-state index is 6.19. The first-order chi connectivity index (χ1) is 9.22. The molecule has 100 valence electrons. The Morgan fingerprint density at radius 2 is 2.21 bits per heavy atom. The van der Waals surface area contributed by atoms with Crippen LogP contribution in [0.15, 0.2) is 43.2 Å². The summed E-state index contributed by atoms with van der Waals surface area (Å²) in [5.74, 6) is 0.809. The topological polar surface area (TPSA) is 27.1 Å². The second-order valence-corrected chi connectivity index (χ2v) is 4.78. The number of halogens is 2. The predicted molar refractivity (Wildman–Crippen MR) is 78.7 cm³/mol. The number of ether oxygens (including phenoxy) is 1. The van der Waals surface area contributed by atoms with Gasteiger partial charge in [0, 0.05) is 29.5 Å². The van der Waals surface area contributed by atoms with Gasteiger partial charge in [-0.2, -0.15) is 0 Å². The van der Waals surface area contributed by atoms with Crippen molar-refractivity contribution < 1.29 is 4.74 Å². The molecule has 0 N–H and O–H groups in total. The van der Waals surface area contributed by atoms with E-state index in [9.17, 15) is 0 Å². The number of benzene rings is 1. The van der Waals surface area contributed by atoms with Crippen LogP contribution in [-0.4, -0.2) is 22.8 Å². The molecular weight excluding hydrogens is 283 g/mol. The molecule has 0 radical (unpaired) electrons. The smallest absolute Gasteiger partial charge is 0.141 e. The van der Waals surface area contributed by atoms with Crippen molar-refractivity contribution in [3.05, 3.63) is 53.3 Å². The lowest BCUT2D eigenvalue weighted by Gasteiger charge is -2.09. The maximum Gasteiger partial charge on any atom is 0.141 e. The van der Waals surface area contributed by atoms with E-state index in [2.05, 4.69) is 11.6 Å². The van der Waals surface area contributed by atoms with Gasteiger partial charge in [0.15, 0.2) is 0 Å². The Morgan fingerprint density at radius 1 is 1.37 bits per heavy atom. The zero-order valence-electron chi connectivity index (χ0n) is 10.4. The van der Waals surface area contributed by atoms with E-state index in [4.69, 9.17) is 27.9 Å². The van der Waals surface area contributed by atoms with E-state index in [1.165, 1.54) is 0 Å². The Hall–Kier alpha value is -1.29. The average Bonchev–Trinajstić information content (AvgIpc) is 2.83. The van der Waals surface area contributed by atoms with Gasteiger partial charge in [-0.25, -0.2) is 4.98 Å². The van der Waals surface area contributed by atoms with E-state index in [1.807, 2.05) is 16.8 Å². The van der Waals surface area contributed by atoms with Crippen LogP contribution < -0.4 is 0 Å². The van der Waals surface area contributed by atoms with Crippen LogP contribution in [-0.2, 0) is 11.3 Å². The number of hydrogen-bond donors (Lipinski definition) is 0. The molecule has 0 atom stereocenters. The van der Waals surface area contributed by atoms with Crippen molar-refractivity contribution >= 4 is 23.2 Å². The Balaban J connectivity index is 2.16. The zero-order chi connectivity index (χ0) is 13.7. The van der Waals surface area contributed by atoms with Crippen LogP contribution in [0.4, 0.5) is 0 Å². The Bertz CT molecular complexity index is 566. The highest BCUT2D eigenvalue weighted by Crippen LogP contribution is 2.29. The Morgan fingerprint density at radius 3 is 2.95 bits per heavy atom. The summed E-state index contributed by atoms with van der Waals surface area (Å²) in [5, 5.41) is 1.20. The van der Waals surface area contributed by atoms with E-state index in [-0.39, 0.29) is 0 Å². The van der Waals surface area contributed by atoms with Crippen LogP contribution in [0.1, 0.15) is 0 Å². The van der Waals surface area contributed by atoms with E-state index < -0.39 is 0 Å². The molecule has 0 unspecified atom stereocenters. The molecule has 0 aliphatic carbocycles. The van der Waals surface area contributed by atoms with Crippen molar-refractivity contribution in [3.8, 4) is 11.4 Å². The van der Waals surface area contributed by atoms with Gasteiger partial charge in [-0.1, -0.05) is 29.3 Å². The summed E-state index contributed by atoms with van der Waals surface area (Å²) in [6, 6.07) is 5.38. The molecule has 0 saturated heterocycles. The van der Waals surface area contributed by atoms with Crippen LogP contribution >= 0.6 is 23.2 Å². The second-order valence-electron chi connectivity index (χ2n) is 3.93. The third-order valence-electron chi connectivity index (χ3n) is 2.60. The maximum absolute atomic E-state index is 6.19. The largest absolute Gasteiger partial charge is 0.376 e. The molecule has 0 spiro atoms. The van der Waals surface area contributed by atoms with Gasteiger partial charge in [-0.15, -0.1) is 6.58 Å². The lowest BCUT2D eigenvalue weighted by atomic mass is 10.2. The first kappa shape index (κ1) is 14.1. The fourth-order valence-corrected chi connectivity index (χ4v) is 2.23. The van der Waals surface area contributed by atoms with E-state index in [0.29, 0.717) is 29.8 Å². The number of imidazole rings is 1. The molecule has 0 aliphatic rings. The number of rotatable bonds is 6. The Labute approximate surface area is 122 Å². The van der Waals surface area contributed by atoms with Gasteiger partial charge in [0.2, 0.25) is 0 Å². The van der Waals surface area contributed by atoms with Crippen LogP contribution in [0.25, 0.3) is 11.4 Å². The molecule has 0 fully saturated rings. The van der Waals surface area contributed by atoms with Gasteiger partial charge in [-0.05, 0) is 18.2 Å². The van der Waals surface area contributed by atoms with Gasteiger partial charge in [0.1, 0.15) is 5.82 Å². The SMILES string of the molecule is C=CCOCCn1ccnc1-c1ccc(Cl)cc1Cl. The molecule has 0 saturated carbocycles. The number of aromatic nitrogens is 2. The van der Waals surface area contributed by atoms with Gasteiger partial charge in [0.25, 0.3) is 0 Å². The summed E-state index contributed by atoms with van der Waals surface area (Å²) in [6.45, 7) is 5.46. The molecule has 0 bridgehead atoms. The minimum absolute atomic E-state index is 0.547. The van der Waals surface area contributed by atoms with Crippen molar-refractivity contribution in [2.45, 2.75) is 6.54 Å². The van der Waals surface area contributed by atoms with Gasteiger partial charge >= 0.3 is 0 Å². The molecule has 0 amide bonds. The summed E-state index contributed by atoms with van der Waals surface area (Å²) in [5.41, 5.74) is 0.861. The van der Waals surface area contributed by atoms with Crippen molar-refractivity contribution in [2.75, 3.05) is 13.2 Å². The van der Waals surface area contributed by atoms with Gasteiger partial charge in [-0.3, -0.25) is 0 Å². The van der Waals surface area contributed by atoms with Crippen molar-refractivity contribution in [2.24, 2.45) is 0 Å². The van der Waals surface area contributed by atoms with E-state index >= 15 is 0 Å². The minimum Gasteiger partial charge on any atom is -0.376 e. The van der Waals surface area contributed by atoms with Crippen LogP contribution in [0, 0.1) is 0 Å². The predicted octanol–water partition coefficient (Wildman–Crippen LogP) is 4.06. The highest BCUT2D eigenvalue weighted by atomic mass is 35.5. The first-order valence-electron chi connectivity index (χ1n) is 5.87. The normalized spacial score (nSPS) is 10.6. The molecule has 1 aromatic heterocycles. The molecule has 19 heavy (non-hydrogen) atoms. The van der Waals surface area contributed by atoms with E-state index in [0.717, 1.165) is 11.4 Å². The zero-order valence-corrected chi connectivity index (χ0v) is 11.9. The average molecular weight is 297 g/mol. The minimum atomic E-state index is 0.547. The van der Waals surface area contributed by atoms with E-state index in [1.54, 1.807) is 24.4 Å². The molecule has 2 rings (SSSR count). The molecule has 5 heteroatoms. The fraction of sp³-hybridized carbons (Fsp3) is 0.214. The summed E-state index contributed by atoms with van der Waals surface area (Å²) >= 11 is 12.1. The van der Waals surface area contributed by atoms with Crippen molar-refractivity contribution in [3.63, 3.8) is 0 Å². The fourth-order valence-electron chi connectivity index (χ4n) is 1.73. The third-order valence-corrected chi connectivity index (χ3v) is 3.15. The molecule has 1 aromatic carbocycles. The summed E-state index contributed by atoms with van der Waals surface area (Å²) in [6.07, 6.45) is 5.37. The highest BCUT2D eigenvalue weighted by Gasteiger charge is 2.10. The monoisotopic (exact) mass is 296 g/mol. The first-order valence-corrected chi connectivity index (χ1v) is 6.63. The lowest BCUT2D eigenvalue weighted by molar-refractivity contribution is 0.153. The molecule has 1 heterocycles. The summed E-state index contributed by atoms with van der Waals surface area (Å²) < 4.78 is 7.37. The van der Waals surface area contributed by atoms with Crippen LogP contribution in [0.5, 0.6) is 0 Å². The van der Waals surface area contributed by atoms with Crippen LogP contribution in [0.2, 0.25) is 10.0 Å². The standard InChI is InChI=1S/C14H14Cl2N2O/c1-2-8-19-9-7-18-6-5-17-14(18)12-4-3-11(15)10-13(12)16/h2-6,10H,1,7-9H2. The third kappa shape index (κ3) is 3.60. The van der Waals surface area contributed by atoms with Gasteiger partial charge < -0.3 is 9.30 Å². The second kappa shape index (κ2) is 6.75. The molecular formula is C14H14Cl2N2O. The summed E-state index contributed by atoms with van der Waals surface area (Å²) in [7, 11) is 0. The molecule has 0 aliphatic heterocycles.